The van der Waals surface area contributed by atoms with Gasteiger partial charge in [-0.15, -0.1) is 0 Å². The molecule has 0 saturated heterocycles. The molecule has 6 aromatic carbocycles. The molecule has 0 atom stereocenters. The summed E-state index contributed by atoms with van der Waals surface area (Å²) in [5, 5.41) is 0. The zero-order valence-corrected chi connectivity index (χ0v) is 26.2. The molecular weight excluding hydrogens is 555 g/mol. The van der Waals surface area contributed by atoms with Crippen LogP contribution >= 0.6 is 0 Å². The maximum atomic E-state index is 2.34. The van der Waals surface area contributed by atoms with Crippen molar-refractivity contribution in [3.63, 3.8) is 0 Å². The van der Waals surface area contributed by atoms with Crippen LogP contribution in [0.4, 0.5) is 11.4 Å². The van der Waals surface area contributed by atoms with Crippen LogP contribution in [0.15, 0.2) is 188 Å². The average molecular weight is 592 g/mol. The van der Waals surface area contributed by atoms with Crippen molar-refractivity contribution in [2.75, 3.05) is 4.90 Å². The Bertz CT molecular complexity index is 1940. The Balaban J connectivity index is 1.29. The molecule has 0 spiro atoms. The van der Waals surface area contributed by atoms with Gasteiger partial charge in [0.2, 0.25) is 0 Å². The van der Waals surface area contributed by atoms with Gasteiger partial charge >= 0.3 is 0 Å². The van der Waals surface area contributed by atoms with E-state index in [9.17, 15) is 0 Å². The maximum Gasteiger partial charge on any atom is 0.0461 e. The highest BCUT2D eigenvalue weighted by Crippen LogP contribution is 2.38. The molecule has 0 saturated carbocycles. The van der Waals surface area contributed by atoms with Gasteiger partial charge in [0.1, 0.15) is 0 Å². The number of rotatable bonds is 8. The van der Waals surface area contributed by atoms with Gasteiger partial charge in [0.15, 0.2) is 0 Å². The lowest BCUT2D eigenvalue weighted by atomic mass is 9.85. The lowest BCUT2D eigenvalue weighted by Gasteiger charge is -2.27. The molecule has 0 unspecified atom stereocenters. The normalized spacial score (nSPS) is 12.3. The minimum atomic E-state index is 1.06. The van der Waals surface area contributed by atoms with Crippen LogP contribution < -0.4 is 4.90 Å². The smallest absolute Gasteiger partial charge is 0.0461 e. The van der Waals surface area contributed by atoms with Crippen LogP contribution in [0.25, 0.3) is 22.3 Å². The van der Waals surface area contributed by atoms with E-state index in [1.807, 2.05) is 0 Å². The van der Waals surface area contributed by atoms with E-state index in [0.717, 1.165) is 18.5 Å². The van der Waals surface area contributed by atoms with Crippen molar-refractivity contribution in [3.05, 3.63) is 216 Å². The lowest BCUT2D eigenvalue weighted by molar-refractivity contribution is 0.997. The number of hydrogen-bond donors (Lipinski definition) is 0. The van der Waals surface area contributed by atoms with Crippen molar-refractivity contribution in [2.24, 2.45) is 0 Å². The Morgan fingerprint density at radius 3 is 1.37 bits per heavy atom. The lowest BCUT2D eigenvalue weighted by Crippen LogP contribution is -2.16. The number of allylic oxidation sites excluding steroid dienone is 3. The van der Waals surface area contributed by atoms with Crippen LogP contribution in [0.5, 0.6) is 0 Å². The molecular formula is C45H37N. The fourth-order valence-electron chi connectivity index (χ4n) is 6.26. The molecule has 0 heterocycles. The van der Waals surface area contributed by atoms with Crippen LogP contribution in [0.2, 0.25) is 0 Å². The standard InChI is InChI=1S/C45H37N/c1-34-22-24-39(25-23-34)45(44(37-14-6-2-7-15-37)38-16-8-3-9-17-38)40-28-26-35(27-29-40)36-30-32-43(33-31-36)46(41-18-10-4-11-19-41)42-20-12-5-13-21-42/h2-4,6-12,14-33H,5,13H2,1H3. The van der Waals surface area contributed by atoms with E-state index in [4.69, 9.17) is 0 Å². The molecule has 6 aromatic rings. The van der Waals surface area contributed by atoms with E-state index in [1.165, 1.54) is 61.5 Å². The molecule has 7 rings (SSSR count). The highest BCUT2D eigenvalue weighted by Gasteiger charge is 2.17. The van der Waals surface area contributed by atoms with Crippen LogP contribution in [0.3, 0.4) is 0 Å². The van der Waals surface area contributed by atoms with Gasteiger partial charge < -0.3 is 4.90 Å². The quantitative estimate of drug-likeness (QED) is 0.159. The molecule has 0 aliphatic heterocycles. The van der Waals surface area contributed by atoms with Gasteiger partial charge in [0, 0.05) is 17.1 Å². The predicted octanol–water partition coefficient (Wildman–Crippen LogP) is 12.0. The number of para-hydroxylation sites is 1. The van der Waals surface area contributed by atoms with E-state index in [-0.39, 0.29) is 0 Å². The molecule has 0 aromatic heterocycles. The average Bonchev–Trinajstić information content (AvgIpc) is 3.13. The van der Waals surface area contributed by atoms with Gasteiger partial charge in [0.05, 0.1) is 0 Å². The Kier molecular flexibility index (Phi) is 8.56. The molecule has 1 nitrogen and oxygen atoms in total. The number of benzene rings is 6. The topological polar surface area (TPSA) is 3.24 Å². The summed E-state index contributed by atoms with van der Waals surface area (Å²) >= 11 is 0. The first kappa shape index (κ1) is 29.1. The second kappa shape index (κ2) is 13.5. The highest BCUT2D eigenvalue weighted by molar-refractivity contribution is 6.04. The maximum absolute atomic E-state index is 2.34. The first-order chi connectivity index (χ1) is 22.7. The van der Waals surface area contributed by atoms with Crippen LogP contribution in [0.1, 0.15) is 40.7 Å². The molecule has 1 heteroatoms. The number of anilines is 2. The molecule has 1 aliphatic carbocycles. The Hall–Kier alpha value is -5.66. The van der Waals surface area contributed by atoms with Gasteiger partial charge in [0.25, 0.3) is 0 Å². The molecule has 46 heavy (non-hydrogen) atoms. The number of aryl methyl sites for hydroxylation is 1. The van der Waals surface area contributed by atoms with E-state index in [2.05, 4.69) is 194 Å². The summed E-state index contributed by atoms with van der Waals surface area (Å²) < 4.78 is 0. The monoisotopic (exact) mass is 591 g/mol. The van der Waals surface area contributed by atoms with Crippen LogP contribution in [-0.4, -0.2) is 0 Å². The van der Waals surface area contributed by atoms with Crippen molar-refractivity contribution in [3.8, 4) is 11.1 Å². The van der Waals surface area contributed by atoms with E-state index >= 15 is 0 Å². The predicted molar refractivity (Wildman–Crippen MR) is 196 cm³/mol. The molecule has 0 radical (unpaired) electrons. The largest absolute Gasteiger partial charge is 0.311 e. The van der Waals surface area contributed by atoms with Gasteiger partial charge in [-0.1, -0.05) is 157 Å². The number of hydrogen-bond acceptors (Lipinski definition) is 1. The van der Waals surface area contributed by atoms with Gasteiger partial charge in [-0.2, -0.15) is 0 Å². The fraction of sp³-hybridized carbons (Fsp3) is 0.0667. The Morgan fingerprint density at radius 2 is 0.870 bits per heavy atom. The third-order valence-electron chi connectivity index (χ3n) is 8.60. The van der Waals surface area contributed by atoms with E-state index in [1.54, 1.807) is 0 Å². The Morgan fingerprint density at radius 1 is 0.435 bits per heavy atom. The van der Waals surface area contributed by atoms with Gasteiger partial charge in [-0.05, 0) is 94.6 Å². The summed E-state index contributed by atoms with van der Waals surface area (Å²) in [5.74, 6) is 0. The van der Waals surface area contributed by atoms with Gasteiger partial charge in [-0.25, -0.2) is 0 Å². The van der Waals surface area contributed by atoms with Crippen molar-refractivity contribution in [1.29, 1.82) is 0 Å². The summed E-state index contributed by atoms with van der Waals surface area (Å²) in [5.41, 5.74) is 14.5. The summed E-state index contributed by atoms with van der Waals surface area (Å²) in [6.45, 7) is 2.14. The highest BCUT2D eigenvalue weighted by atomic mass is 15.1. The van der Waals surface area contributed by atoms with E-state index < -0.39 is 0 Å². The summed E-state index contributed by atoms with van der Waals surface area (Å²) in [6, 6.07) is 59.1. The minimum absolute atomic E-state index is 1.06. The van der Waals surface area contributed by atoms with Crippen LogP contribution in [0, 0.1) is 6.92 Å². The fourth-order valence-corrected chi connectivity index (χ4v) is 6.26. The molecule has 1 aliphatic rings. The molecule has 0 bridgehead atoms. The second-order valence-corrected chi connectivity index (χ2v) is 11.8. The SMILES string of the molecule is Cc1ccc(C(=C(c2ccccc2)c2ccccc2)c2ccc(-c3ccc(N(C4=CCCC=C4)c4ccccc4)cc3)cc2)cc1. The third kappa shape index (κ3) is 6.27. The zero-order chi connectivity index (χ0) is 31.1. The van der Waals surface area contributed by atoms with Crippen molar-refractivity contribution < 1.29 is 0 Å². The summed E-state index contributed by atoms with van der Waals surface area (Å²) in [7, 11) is 0. The number of nitrogens with zero attached hydrogens (tertiary/aromatic N) is 1. The van der Waals surface area contributed by atoms with Crippen molar-refractivity contribution in [2.45, 2.75) is 19.8 Å². The van der Waals surface area contributed by atoms with Crippen molar-refractivity contribution >= 4 is 22.5 Å². The second-order valence-electron chi connectivity index (χ2n) is 11.8. The van der Waals surface area contributed by atoms with Gasteiger partial charge in [-0.3, -0.25) is 0 Å². The molecule has 0 N–H and O–H groups in total. The van der Waals surface area contributed by atoms with Crippen LogP contribution in [-0.2, 0) is 0 Å². The first-order valence-corrected chi connectivity index (χ1v) is 16.1. The summed E-state index contributed by atoms with van der Waals surface area (Å²) in [4.78, 5) is 2.34. The third-order valence-corrected chi connectivity index (χ3v) is 8.60. The first-order valence-electron chi connectivity index (χ1n) is 16.1. The summed E-state index contributed by atoms with van der Waals surface area (Å²) in [6.07, 6.45) is 9.00. The minimum Gasteiger partial charge on any atom is -0.311 e. The van der Waals surface area contributed by atoms with Crippen molar-refractivity contribution in [1.82, 2.24) is 0 Å². The van der Waals surface area contributed by atoms with E-state index in [0.29, 0.717) is 0 Å². The molecule has 222 valence electrons. The molecule has 0 fully saturated rings. The zero-order valence-electron chi connectivity index (χ0n) is 26.2. The molecule has 0 amide bonds. The Labute approximate surface area is 273 Å².